The van der Waals surface area contributed by atoms with Crippen LogP contribution in [0, 0.1) is 12.3 Å². The van der Waals surface area contributed by atoms with Crippen molar-refractivity contribution in [2.75, 3.05) is 19.6 Å². The fraction of sp³-hybridized carbons (Fsp3) is 0.650. The number of hydrogen-bond donors (Lipinski definition) is 1. The number of likely N-dealkylation sites (tertiary alicyclic amines) is 1. The zero-order valence-electron chi connectivity index (χ0n) is 17.4. The molecular weight excluding hydrogens is 372 g/mol. The normalized spacial score (nSPS) is 17.4. The molecule has 1 fully saturated rings. The molecule has 0 aromatic carbocycles. The number of carbonyl (C=O) groups is 2. The van der Waals surface area contributed by atoms with Crippen LogP contribution in [0.5, 0.6) is 0 Å². The van der Waals surface area contributed by atoms with Crippen molar-refractivity contribution >= 4 is 12.0 Å². The summed E-state index contributed by atoms with van der Waals surface area (Å²) in [6.45, 7) is 6.97. The van der Waals surface area contributed by atoms with Gasteiger partial charge in [-0.3, -0.25) is 9.48 Å². The van der Waals surface area contributed by atoms with Crippen LogP contribution >= 0.6 is 0 Å². The van der Waals surface area contributed by atoms with Gasteiger partial charge in [0.05, 0.1) is 17.5 Å². The molecule has 1 saturated heterocycles. The van der Waals surface area contributed by atoms with Crippen molar-refractivity contribution < 1.29 is 14.3 Å². The third-order valence-electron chi connectivity index (χ3n) is 5.01. The number of nitrogens with zero attached hydrogens (tertiary/aromatic N) is 5. The maximum atomic E-state index is 12.7. The van der Waals surface area contributed by atoms with Gasteiger partial charge in [0.1, 0.15) is 5.60 Å². The third-order valence-corrected chi connectivity index (χ3v) is 5.01. The molecule has 1 aromatic rings. The van der Waals surface area contributed by atoms with Gasteiger partial charge in [0.2, 0.25) is 0 Å². The second kappa shape index (κ2) is 7.85. The fourth-order valence-electron chi connectivity index (χ4n) is 3.37. The molecule has 1 N–H and O–H groups in total. The number of terminal acetylenes is 1. The quantitative estimate of drug-likeness (QED) is 0.710. The molecule has 0 spiro atoms. The topological polar surface area (TPSA) is 101 Å². The molecule has 29 heavy (non-hydrogen) atoms. The van der Waals surface area contributed by atoms with Crippen LogP contribution in [0.25, 0.3) is 0 Å². The van der Waals surface area contributed by atoms with Crippen molar-refractivity contribution in [1.29, 1.82) is 0 Å². The van der Waals surface area contributed by atoms with Crippen LogP contribution in [0.1, 0.15) is 62.0 Å². The first-order chi connectivity index (χ1) is 13.6. The molecule has 0 bridgehead atoms. The van der Waals surface area contributed by atoms with Crippen LogP contribution in [0.2, 0.25) is 0 Å². The molecule has 0 aliphatic carbocycles. The molecule has 3 rings (SSSR count). The van der Waals surface area contributed by atoms with Crippen LogP contribution in [-0.4, -0.2) is 57.6 Å². The van der Waals surface area contributed by atoms with Crippen molar-refractivity contribution in [3.05, 3.63) is 17.5 Å². The standard InChI is InChI=1S/C20H28N6O3/c1-6-7-8-20(23-24-20)9-10-21-17(27)15-11-22-25(5)16(15)14-12-26(13-14)18(28)29-19(2,3)4/h1,11,14H,7-10,12-13H2,2-5H3,(H,21,27). The summed E-state index contributed by atoms with van der Waals surface area (Å²) in [5.74, 6) is 2.46. The van der Waals surface area contributed by atoms with Gasteiger partial charge in [-0.25, -0.2) is 4.79 Å². The maximum absolute atomic E-state index is 12.7. The number of hydrogen-bond acceptors (Lipinski definition) is 6. The van der Waals surface area contributed by atoms with E-state index in [0.29, 0.717) is 44.5 Å². The molecular formula is C20H28N6O3. The van der Waals surface area contributed by atoms with E-state index in [1.54, 1.807) is 22.8 Å². The highest BCUT2D eigenvalue weighted by Crippen LogP contribution is 2.36. The lowest BCUT2D eigenvalue weighted by Gasteiger charge is -2.40. The minimum Gasteiger partial charge on any atom is -0.444 e. The van der Waals surface area contributed by atoms with Gasteiger partial charge in [0.15, 0.2) is 5.66 Å². The monoisotopic (exact) mass is 400 g/mol. The lowest BCUT2D eigenvalue weighted by Crippen LogP contribution is -2.51. The molecule has 9 heteroatoms. The largest absolute Gasteiger partial charge is 0.444 e. The zero-order chi connectivity index (χ0) is 21.2. The second-order valence-corrected chi connectivity index (χ2v) is 8.54. The summed E-state index contributed by atoms with van der Waals surface area (Å²) >= 11 is 0. The van der Waals surface area contributed by atoms with E-state index in [1.165, 1.54) is 0 Å². The number of nitrogens with one attached hydrogen (secondary N) is 1. The Balaban J connectivity index is 1.53. The molecule has 2 aliphatic rings. The Bertz CT molecular complexity index is 849. The number of aromatic nitrogens is 2. The Morgan fingerprint density at radius 2 is 2.03 bits per heavy atom. The van der Waals surface area contributed by atoms with E-state index in [-0.39, 0.29) is 17.9 Å². The van der Waals surface area contributed by atoms with Crippen molar-refractivity contribution in [1.82, 2.24) is 20.0 Å². The average Bonchev–Trinajstić information content (AvgIpc) is 3.25. The lowest BCUT2D eigenvalue weighted by molar-refractivity contribution is 0.00753. The third kappa shape index (κ3) is 4.94. The van der Waals surface area contributed by atoms with E-state index < -0.39 is 11.3 Å². The van der Waals surface area contributed by atoms with Gasteiger partial charge < -0.3 is 15.0 Å². The summed E-state index contributed by atoms with van der Waals surface area (Å²) in [5, 5.41) is 15.3. The Labute approximate surface area is 170 Å². The molecule has 1 aromatic heterocycles. The van der Waals surface area contributed by atoms with E-state index in [0.717, 1.165) is 5.69 Å². The van der Waals surface area contributed by atoms with Crippen LogP contribution in [0.15, 0.2) is 16.4 Å². The lowest BCUT2D eigenvalue weighted by atomic mass is 9.93. The number of amides is 2. The smallest absolute Gasteiger partial charge is 0.410 e. The first kappa shape index (κ1) is 20.8. The molecule has 0 atom stereocenters. The predicted molar refractivity (Wildman–Crippen MR) is 106 cm³/mol. The number of rotatable bonds is 7. The first-order valence-electron chi connectivity index (χ1n) is 9.80. The van der Waals surface area contributed by atoms with E-state index in [2.05, 4.69) is 26.6 Å². The highest BCUT2D eigenvalue weighted by atomic mass is 16.6. The van der Waals surface area contributed by atoms with E-state index in [4.69, 9.17) is 11.2 Å². The minimum atomic E-state index is -0.530. The van der Waals surface area contributed by atoms with Gasteiger partial charge in [-0.15, -0.1) is 12.3 Å². The van der Waals surface area contributed by atoms with Gasteiger partial charge in [-0.2, -0.15) is 15.3 Å². The first-order valence-corrected chi connectivity index (χ1v) is 9.80. The molecule has 2 aliphatic heterocycles. The van der Waals surface area contributed by atoms with Crippen molar-refractivity contribution in [3.8, 4) is 12.3 Å². The van der Waals surface area contributed by atoms with Gasteiger partial charge >= 0.3 is 6.09 Å². The highest BCUT2D eigenvalue weighted by molar-refractivity contribution is 5.95. The van der Waals surface area contributed by atoms with Gasteiger partial charge in [0.25, 0.3) is 5.91 Å². The SMILES string of the molecule is C#CCCC1(CCNC(=O)c2cnn(C)c2C2CN(C(=O)OC(C)(C)C)C2)N=N1. The molecule has 2 amide bonds. The van der Waals surface area contributed by atoms with Crippen molar-refractivity contribution in [2.45, 2.75) is 57.2 Å². The molecule has 0 unspecified atom stereocenters. The second-order valence-electron chi connectivity index (χ2n) is 8.54. The summed E-state index contributed by atoms with van der Waals surface area (Å²) in [5.41, 5.74) is 0.408. The van der Waals surface area contributed by atoms with E-state index >= 15 is 0 Å². The molecule has 156 valence electrons. The molecule has 3 heterocycles. The Hall–Kier alpha value is -2.89. The Morgan fingerprint density at radius 1 is 1.34 bits per heavy atom. The number of aryl methyl sites for hydroxylation is 1. The molecule has 0 saturated carbocycles. The summed E-state index contributed by atoms with van der Waals surface area (Å²) in [6.07, 6.45) is 8.48. The summed E-state index contributed by atoms with van der Waals surface area (Å²) in [6, 6.07) is 0. The minimum absolute atomic E-state index is 0.0474. The Morgan fingerprint density at radius 3 is 2.62 bits per heavy atom. The van der Waals surface area contributed by atoms with Crippen molar-refractivity contribution in [2.24, 2.45) is 17.3 Å². The van der Waals surface area contributed by atoms with Crippen LogP contribution in [0.3, 0.4) is 0 Å². The van der Waals surface area contributed by atoms with Gasteiger partial charge in [0, 0.05) is 51.9 Å². The predicted octanol–water partition coefficient (Wildman–Crippen LogP) is 2.45. The average molecular weight is 400 g/mol. The summed E-state index contributed by atoms with van der Waals surface area (Å²) < 4.78 is 7.09. The fourth-order valence-corrected chi connectivity index (χ4v) is 3.37. The zero-order valence-corrected chi connectivity index (χ0v) is 17.4. The maximum Gasteiger partial charge on any atom is 0.410 e. The summed E-state index contributed by atoms with van der Waals surface area (Å²) in [4.78, 5) is 26.5. The van der Waals surface area contributed by atoms with E-state index in [9.17, 15) is 9.59 Å². The number of carbonyl (C=O) groups excluding carboxylic acids is 2. The van der Waals surface area contributed by atoms with Crippen LogP contribution in [0.4, 0.5) is 4.79 Å². The van der Waals surface area contributed by atoms with Crippen molar-refractivity contribution in [3.63, 3.8) is 0 Å². The van der Waals surface area contributed by atoms with Crippen LogP contribution in [-0.2, 0) is 11.8 Å². The molecule has 9 nitrogen and oxygen atoms in total. The molecule has 0 radical (unpaired) electrons. The van der Waals surface area contributed by atoms with Gasteiger partial charge in [-0.1, -0.05) is 0 Å². The van der Waals surface area contributed by atoms with Crippen LogP contribution < -0.4 is 5.32 Å². The number of ether oxygens (including phenoxy) is 1. The highest BCUT2D eigenvalue weighted by Gasteiger charge is 2.40. The van der Waals surface area contributed by atoms with Gasteiger partial charge in [-0.05, 0) is 20.8 Å². The summed E-state index contributed by atoms with van der Waals surface area (Å²) in [7, 11) is 1.80. The van der Waals surface area contributed by atoms with E-state index in [1.807, 2.05) is 20.8 Å². The Kier molecular flexibility index (Phi) is 5.64.